The van der Waals surface area contributed by atoms with E-state index >= 15 is 0 Å². The van der Waals surface area contributed by atoms with Crippen LogP contribution in [0.15, 0.2) is 49.3 Å². The summed E-state index contributed by atoms with van der Waals surface area (Å²) < 4.78 is 13.4. The molecule has 2 aliphatic heterocycles. The second kappa shape index (κ2) is 16.4. The van der Waals surface area contributed by atoms with Crippen molar-refractivity contribution in [3.05, 3.63) is 82.8 Å². The Morgan fingerprint density at radius 2 is 1.65 bits per heavy atom. The molecule has 4 amide bonds. The zero-order chi connectivity index (χ0) is 39.4. The lowest BCUT2D eigenvalue weighted by atomic mass is 9.92. The van der Waals surface area contributed by atoms with Gasteiger partial charge in [0.05, 0.1) is 61.9 Å². The molecule has 15 heteroatoms. The van der Waals surface area contributed by atoms with Crippen molar-refractivity contribution in [3.63, 3.8) is 0 Å². The van der Waals surface area contributed by atoms with E-state index in [2.05, 4.69) is 27.6 Å². The lowest BCUT2D eigenvalue weighted by molar-refractivity contribution is -0.132. The van der Waals surface area contributed by atoms with Gasteiger partial charge in [-0.1, -0.05) is 12.6 Å². The van der Waals surface area contributed by atoms with Gasteiger partial charge in [0.15, 0.2) is 5.78 Å². The summed E-state index contributed by atoms with van der Waals surface area (Å²) in [5.41, 5.74) is 6.02. The molecule has 3 aromatic rings. The molecule has 0 saturated heterocycles. The smallest absolute Gasteiger partial charge is 0.264 e. The second-order valence-electron chi connectivity index (χ2n) is 13.7. The third-order valence-electron chi connectivity index (χ3n) is 10.1. The summed E-state index contributed by atoms with van der Waals surface area (Å²) in [6.07, 6.45) is 5.68. The number of fused-ring (bicyclic) bond motifs is 2. The van der Waals surface area contributed by atoms with Gasteiger partial charge in [-0.05, 0) is 55.5 Å². The van der Waals surface area contributed by atoms with Crippen molar-refractivity contribution < 1.29 is 38.2 Å². The van der Waals surface area contributed by atoms with Crippen molar-refractivity contribution in [3.8, 4) is 11.5 Å². The maximum absolute atomic E-state index is 13.3. The minimum atomic E-state index is -0.974. The normalized spacial score (nSPS) is 16.5. The summed E-state index contributed by atoms with van der Waals surface area (Å²) in [6.45, 7) is 4.71. The Morgan fingerprint density at radius 3 is 2.35 bits per heavy atom. The Hall–Kier alpha value is -6.25. The largest absolute Gasteiger partial charge is 0.496 e. The molecule has 0 bridgehead atoms. The summed E-state index contributed by atoms with van der Waals surface area (Å²) in [7, 11) is 7.05. The van der Waals surface area contributed by atoms with Gasteiger partial charge in [0.1, 0.15) is 17.3 Å². The maximum atomic E-state index is 13.3. The minimum absolute atomic E-state index is 0.0996. The Balaban J connectivity index is 0.938. The van der Waals surface area contributed by atoms with E-state index < -0.39 is 23.6 Å². The van der Waals surface area contributed by atoms with E-state index in [1.165, 1.54) is 6.07 Å². The van der Waals surface area contributed by atoms with Crippen molar-refractivity contribution in [1.82, 2.24) is 30.2 Å². The highest BCUT2D eigenvalue weighted by Gasteiger charge is 2.45. The fourth-order valence-electron chi connectivity index (χ4n) is 7.26. The zero-order valence-electron chi connectivity index (χ0n) is 31.5. The van der Waals surface area contributed by atoms with Crippen molar-refractivity contribution >= 4 is 52.2 Å². The number of anilines is 1. The van der Waals surface area contributed by atoms with Crippen molar-refractivity contribution in [2.24, 2.45) is 7.05 Å². The molecule has 3 aliphatic rings. The fraction of sp³-hybridized carbons (Fsp3) is 0.375. The van der Waals surface area contributed by atoms with Crippen LogP contribution in [-0.4, -0.2) is 102 Å². The summed E-state index contributed by atoms with van der Waals surface area (Å²) in [5, 5.41) is 13.0. The number of aryl methyl sites for hydroxylation is 1. The molecule has 0 spiro atoms. The van der Waals surface area contributed by atoms with Gasteiger partial charge >= 0.3 is 0 Å². The molecule has 288 valence electrons. The highest BCUT2D eigenvalue weighted by atomic mass is 16.5. The number of nitrogens with zero attached hydrogens (tertiary/aromatic N) is 4. The van der Waals surface area contributed by atoms with Crippen LogP contribution in [0.3, 0.4) is 0 Å². The number of hydrogen-bond donors (Lipinski definition) is 3. The van der Waals surface area contributed by atoms with Gasteiger partial charge in [-0.3, -0.25) is 38.3 Å². The quantitative estimate of drug-likeness (QED) is 0.118. The number of hydrogen-bond acceptors (Lipinski definition) is 11. The number of carbonyl (C=O) groups is 6. The molecular formula is C40H45N7O8. The lowest BCUT2D eigenvalue weighted by Gasteiger charge is -2.27. The van der Waals surface area contributed by atoms with Crippen LogP contribution in [0.1, 0.15) is 81.6 Å². The van der Waals surface area contributed by atoms with Gasteiger partial charge in [-0.15, -0.1) is 0 Å². The molecule has 3 N–H and O–H groups in total. The number of carbonyl (C=O) groups excluding carboxylic acids is 6. The van der Waals surface area contributed by atoms with Gasteiger partial charge in [-0.25, -0.2) is 0 Å². The van der Waals surface area contributed by atoms with Gasteiger partial charge < -0.3 is 30.3 Å². The zero-order valence-corrected chi connectivity index (χ0v) is 31.5. The van der Waals surface area contributed by atoms with E-state index in [4.69, 9.17) is 9.47 Å². The van der Waals surface area contributed by atoms with Crippen LogP contribution in [0.25, 0.3) is 11.3 Å². The molecular weight excluding hydrogens is 706 g/mol. The molecule has 1 aromatic heterocycles. The number of ketones is 2. The summed E-state index contributed by atoms with van der Waals surface area (Å²) in [5.74, 6) is -1.00. The predicted molar refractivity (Wildman–Crippen MR) is 203 cm³/mol. The van der Waals surface area contributed by atoms with Crippen molar-refractivity contribution in [1.29, 1.82) is 0 Å². The van der Waals surface area contributed by atoms with E-state index in [-0.39, 0.29) is 61.0 Å². The molecule has 1 atom stereocenters. The molecule has 1 unspecified atom stereocenters. The predicted octanol–water partition coefficient (Wildman–Crippen LogP) is 3.09. The SMILES string of the molecule is C=C1c2c(cnn2C)C(c2cc(OC)c(CCCC(=O)NCCCNC(=O)CNc3cccc4c3C(=O)N(C3CCC(=O)CC3=O)C4=O)c(OC)c2)=CN1C. The Bertz CT molecular complexity index is 2090. The highest BCUT2D eigenvalue weighted by molar-refractivity contribution is 6.25. The topological polar surface area (TPSA) is 181 Å². The molecule has 6 rings (SSSR count). The Kier molecular flexibility index (Phi) is 11.5. The number of benzene rings is 2. The molecule has 1 fully saturated rings. The first-order chi connectivity index (χ1) is 26.4. The first kappa shape index (κ1) is 38.5. The average molecular weight is 752 g/mol. The van der Waals surface area contributed by atoms with Crippen LogP contribution in [0.5, 0.6) is 11.5 Å². The average Bonchev–Trinajstić information content (AvgIpc) is 3.68. The summed E-state index contributed by atoms with van der Waals surface area (Å²) >= 11 is 0. The molecule has 55 heavy (non-hydrogen) atoms. The van der Waals surface area contributed by atoms with E-state index in [0.29, 0.717) is 49.5 Å². The number of nitrogens with one attached hydrogen (secondary N) is 3. The monoisotopic (exact) mass is 751 g/mol. The number of Topliss-reactive ketones (excluding diaryl/α,β-unsaturated/α-hetero) is 2. The van der Waals surface area contributed by atoms with Gasteiger partial charge in [0, 0.05) is 68.6 Å². The molecule has 1 saturated carbocycles. The van der Waals surface area contributed by atoms with E-state index in [0.717, 1.165) is 38.6 Å². The van der Waals surface area contributed by atoms with Crippen LogP contribution in [-0.2, 0) is 32.6 Å². The van der Waals surface area contributed by atoms with Crippen LogP contribution < -0.4 is 25.4 Å². The van der Waals surface area contributed by atoms with Crippen molar-refractivity contribution in [2.75, 3.05) is 46.2 Å². The van der Waals surface area contributed by atoms with Gasteiger partial charge in [0.2, 0.25) is 11.8 Å². The van der Waals surface area contributed by atoms with Crippen LogP contribution in [0.2, 0.25) is 0 Å². The Labute approximate surface area is 318 Å². The number of aromatic nitrogens is 2. The molecule has 0 radical (unpaired) electrons. The first-order valence-corrected chi connectivity index (χ1v) is 18.2. The summed E-state index contributed by atoms with van der Waals surface area (Å²) in [6, 6.07) is 7.65. The fourth-order valence-corrected chi connectivity index (χ4v) is 7.26. The van der Waals surface area contributed by atoms with Gasteiger partial charge in [-0.2, -0.15) is 5.10 Å². The number of methoxy groups -OCH3 is 2. The highest BCUT2D eigenvalue weighted by Crippen LogP contribution is 2.41. The molecule has 2 aromatic carbocycles. The summed E-state index contributed by atoms with van der Waals surface area (Å²) in [4.78, 5) is 78.6. The lowest BCUT2D eigenvalue weighted by Crippen LogP contribution is -2.47. The van der Waals surface area contributed by atoms with E-state index in [9.17, 15) is 28.8 Å². The maximum Gasteiger partial charge on any atom is 0.264 e. The number of amides is 4. The standard InChI is InChI=1S/C40H45N7O8/c1-23-38-28(20-44-46(38)3)29(22-45(23)2)24-17-33(54-4)26(34(18-24)55-5)9-7-12-35(50)41-15-8-16-42-36(51)21-43-30-11-6-10-27-37(30)40(53)47(39(27)52)31-14-13-25(48)19-32(31)49/h6,10-11,17-18,20,22,31,43H,1,7-9,12-16,19,21H2,2-5H3,(H,41,50)(H,42,51). The molecule has 3 heterocycles. The first-order valence-electron chi connectivity index (χ1n) is 18.2. The Morgan fingerprint density at radius 1 is 0.945 bits per heavy atom. The van der Waals surface area contributed by atoms with Gasteiger partial charge in [0.25, 0.3) is 11.8 Å². The van der Waals surface area contributed by atoms with Crippen LogP contribution in [0, 0.1) is 0 Å². The second-order valence-corrected chi connectivity index (χ2v) is 13.7. The number of ether oxygens (including phenoxy) is 2. The van der Waals surface area contributed by atoms with Crippen LogP contribution in [0.4, 0.5) is 5.69 Å². The third kappa shape index (κ3) is 7.86. The minimum Gasteiger partial charge on any atom is -0.496 e. The molecule has 1 aliphatic carbocycles. The molecule has 15 nitrogen and oxygen atoms in total. The van der Waals surface area contributed by atoms with Crippen LogP contribution >= 0.6 is 0 Å². The third-order valence-corrected chi connectivity index (χ3v) is 10.1. The van der Waals surface area contributed by atoms with Crippen molar-refractivity contribution in [2.45, 2.75) is 51.0 Å². The number of rotatable bonds is 15. The van der Waals surface area contributed by atoms with E-state index in [1.807, 2.05) is 43.5 Å². The van der Waals surface area contributed by atoms with E-state index in [1.54, 1.807) is 31.0 Å². The number of imide groups is 1.